The summed E-state index contributed by atoms with van der Waals surface area (Å²) < 4.78 is 10.9. The van der Waals surface area contributed by atoms with Gasteiger partial charge in [0, 0.05) is 5.56 Å². The van der Waals surface area contributed by atoms with Crippen molar-refractivity contribution in [1.82, 2.24) is 0 Å². The fourth-order valence-corrected chi connectivity index (χ4v) is 2.27. The van der Waals surface area contributed by atoms with Gasteiger partial charge in [-0.1, -0.05) is 15.9 Å². The van der Waals surface area contributed by atoms with Crippen LogP contribution in [0.5, 0.6) is 5.75 Å². The second-order valence-electron chi connectivity index (χ2n) is 5.33. The number of ketones is 1. The molecular weight excluding hydrogens is 336 g/mol. The molecule has 0 N–H and O–H groups in total. The summed E-state index contributed by atoms with van der Waals surface area (Å²) in [7, 11) is 0. The van der Waals surface area contributed by atoms with Crippen molar-refractivity contribution in [1.29, 1.82) is 0 Å². The highest BCUT2D eigenvalue weighted by Crippen LogP contribution is 2.29. The molecule has 0 heterocycles. The van der Waals surface area contributed by atoms with E-state index in [9.17, 15) is 9.59 Å². The molecule has 0 aliphatic carbocycles. The molecular formula is C16H21BrO4. The molecule has 1 rings (SSSR count). The predicted octanol–water partition coefficient (Wildman–Crippen LogP) is 3.60. The first-order chi connectivity index (χ1) is 9.72. The van der Waals surface area contributed by atoms with E-state index in [4.69, 9.17) is 9.47 Å². The highest BCUT2D eigenvalue weighted by molar-refractivity contribution is 9.09. The van der Waals surface area contributed by atoms with Crippen molar-refractivity contribution in [2.24, 2.45) is 0 Å². The number of rotatable bonds is 6. The van der Waals surface area contributed by atoms with Crippen LogP contribution in [0.1, 0.15) is 42.3 Å². The van der Waals surface area contributed by atoms with Gasteiger partial charge in [-0.2, -0.15) is 0 Å². The van der Waals surface area contributed by atoms with Crippen LogP contribution in [0, 0.1) is 13.8 Å². The maximum absolute atomic E-state index is 11.9. The number of hydrogen-bond acceptors (Lipinski definition) is 4. The molecule has 0 spiro atoms. The van der Waals surface area contributed by atoms with Crippen molar-refractivity contribution in [3.8, 4) is 5.75 Å². The van der Waals surface area contributed by atoms with Gasteiger partial charge in [0.2, 0.25) is 0 Å². The van der Waals surface area contributed by atoms with Crippen molar-refractivity contribution >= 4 is 27.7 Å². The lowest BCUT2D eigenvalue weighted by atomic mass is 10.0. The minimum Gasteiger partial charge on any atom is -0.476 e. The summed E-state index contributed by atoms with van der Waals surface area (Å²) in [6, 6.07) is 3.54. The molecule has 5 heteroatoms. The number of hydrogen-bond donors (Lipinski definition) is 0. The third kappa shape index (κ3) is 4.30. The van der Waals surface area contributed by atoms with E-state index in [-0.39, 0.29) is 11.1 Å². The number of alkyl halides is 1. The Morgan fingerprint density at radius 1 is 1.19 bits per heavy atom. The van der Waals surface area contributed by atoms with Gasteiger partial charge in [-0.25, -0.2) is 4.79 Å². The molecule has 21 heavy (non-hydrogen) atoms. The van der Waals surface area contributed by atoms with Crippen molar-refractivity contribution < 1.29 is 19.1 Å². The zero-order chi connectivity index (χ0) is 16.2. The van der Waals surface area contributed by atoms with Crippen LogP contribution in [0.2, 0.25) is 0 Å². The van der Waals surface area contributed by atoms with Gasteiger partial charge in [-0.15, -0.1) is 0 Å². The highest BCUT2D eigenvalue weighted by Gasteiger charge is 2.32. The van der Waals surface area contributed by atoms with E-state index in [0.717, 1.165) is 11.1 Å². The number of carbonyl (C=O) groups is 2. The molecule has 0 aliphatic heterocycles. The fraction of sp³-hybridized carbons (Fsp3) is 0.500. The third-order valence-electron chi connectivity index (χ3n) is 3.03. The molecule has 0 fully saturated rings. The van der Waals surface area contributed by atoms with Crippen LogP contribution < -0.4 is 4.74 Å². The molecule has 0 atom stereocenters. The molecule has 116 valence electrons. The maximum atomic E-state index is 11.9. The molecule has 0 unspecified atom stereocenters. The Labute approximate surface area is 133 Å². The van der Waals surface area contributed by atoms with Gasteiger partial charge in [-0.05, 0) is 57.9 Å². The van der Waals surface area contributed by atoms with Gasteiger partial charge >= 0.3 is 5.97 Å². The second kappa shape index (κ2) is 7.07. The zero-order valence-electron chi connectivity index (χ0n) is 13.1. The lowest BCUT2D eigenvalue weighted by Crippen LogP contribution is -2.40. The Bertz CT molecular complexity index is 526. The summed E-state index contributed by atoms with van der Waals surface area (Å²) in [5, 5.41) is 0.278. The van der Waals surface area contributed by atoms with Gasteiger partial charge in [0.25, 0.3) is 0 Å². The van der Waals surface area contributed by atoms with Crippen LogP contribution in [-0.2, 0) is 9.53 Å². The number of esters is 1. The molecule has 1 aromatic carbocycles. The Morgan fingerprint density at radius 3 is 2.14 bits per heavy atom. The third-order valence-corrected chi connectivity index (χ3v) is 3.54. The summed E-state index contributed by atoms with van der Waals surface area (Å²) in [4.78, 5) is 23.7. The van der Waals surface area contributed by atoms with E-state index in [2.05, 4.69) is 15.9 Å². The minimum absolute atomic E-state index is 0.0115. The summed E-state index contributed by atoms with van der Waals surface area (Å²) in [6.45, 7) is 9.11. The molecule has 0 saturated carbocycles. The number of benzene rings is 1. The Morgan fingerprint density at radius 2 is 1.71 bits per heavy atom. The smallest absolute Gasteiger partial charge is 0.349 e. The predicted molar refractivity (Wildman–Crippen MR) is 85.4 cm³/mol. The molecule has 0 aliphatic rings. The number of aryl methyl sites for hydroxylation is 2. The number of carbonyl (C=O) groups excluding carboxylic acids is 2. The van der Waals surface area contributed by atoms with Crippen LogP contribution in [0.3, 0.4) is 0 Å². The standard InChI is InChI=1S/C16H21BrO4/c1-6-20-15(19)16(4,5)21-14-10(2)7-12(8-11(14)3)13(18)9-17/h7-8H,6,9H2,1-5H3. The van der Waals surface area contributed by atoms with Gasteiger partial charge < -0.3 is 9.47 Å². The molecule has 0 aromatic heterocycles. The van der Waals surface area contributed by atoms with Crippen molar-refractivity contribution in [2.75, 3.05) is 11.9 Å². The maximum Gasteiger partial charge on any atom is 0.349 e. The molecule has 0 saturated heterocycles. The normalized spacial score (nSPS) is 11.1. The van der Waals surface area contributed by atoms with Crippen LogP contribution in [0.4, 0.5) is 0 Å². The van der Waals surface area contributed by atoms with E-state index in [1.807, 2.05) is 13.8 Å². The fourth-order valence-electron chi connectivity index (χ4n) is 1.95. The van der Waals surface area contributed by atoms with Crippen LogP contribution in [0.25, 0.3) is 0 Å². The second-order valence-corrected chi connectivity index (χ2v) is 5.89. The summed E-state index contributed by atoms with van der Waals surface area (Å²) in [5.41, 5.74) is 1.18. The topological polar surface area (TPSA) is 52.6 Å². The van der Waals surface area contributed by atoms with E-state index in [0.29, 0.717) is 17.9 Å². The molecule has 1 aromatic rings. The molecule has 4 nitrogen and oxygen atoms in total. The van der Waals surface area contributed by atoms with Crippen molar-refractivity contribution in [2.45, 2.75) is 40.2 Å². The van der Waals surface area contributed by atoms with Crippen molar-refractivity contribution in [3.63, 3.8) is 0 Å². The largest absolute Gasteiger partial charge is 0.476 e. The first kappa shape index (κ1) is 17.7. The highest BCUT2D eigenvalue weighted by atomic mass is 79.9. The molecule has 0 amide bonds. The average Bonchev–Trinajstić information content (AvgIpc) is 2.42. The molecule has 0 radical (unpaired) electrons. The van der Waals surface area contributed by atoms with E-state index in [1.54, 1.807) is 32.9 Å². The number of Topliss-reactive ketones (excluding diaryl/α,β-unsaturated/α-hetero) is 1. The van der Waals surface area contributed by atoms with Gasteiger partial charge in [0.1, 0.15) is 5.75 Å². The number of halogens is 1. The lowest BCUT2D eigenvalue weighted by Gasteiger charge is -2.26. The van der Waals surface area contributed by atoms with Crippen LogP contribution in [0.15, 0.2) is 12.1 Å². The average molecular weight is 357 g/mol. The monoisotopic (exact) mass is 356 g/mol. The first-order valence-electron chi connectivity index (χ1n) is 6.79. The Hall–Kier alpha value is -1.36. The molecule has 0 bridgehead atoms. The minimum atomic E-state index is -1.08. The van der Waals surface area contributed by atoms with Crippen molar-refractivity contribution in [3.05, 3.63) is 28.8 Å². The number of ether oxygens (including phenoxy) is 2. The summed E-state index contributed by atoms with van der Waals surface area (Å²) in [5.74, 6) is 0.209. The van der Waals surface area contributed by atoms with Crippen LogP contribution >= 0.6 is 15.9 Å². The Balaban J connectivity index is 3.10. The summed E-state index contributed by atoms with van der Waals surface area (Å²) in [6.07, 6.45) is 0. The Kier molecular flexibility index (Phi) is 5.96. The van der Waals surface area contributed by atoms with Crippen LogP contribution in [-0.4, -0.2) is 29.3 Å². The quantitative estimate of drug-likeness (QED) is 0.444. The van der Waals surface area contributed by atoms with E-state index in [1.165, 1.54) is 0 Å². The SMILES string of the molecule is CCOC(=O)C(C)(C)Oc1c(C)cc(C(=O)CBr)cc1C. The van der Waals surface area contributed by atoms with E-state index < -0.39 is 11.6 Å². The zero-order valence-corrected chi connectivity index (χ0v) is 14.7. The van der Waals surface area contributed by atoms with Gasteiger partial charge in [-0.3, -0.25) is 4.79 Å². The summed E-state index contributed by atoms with van der Waals surface area (Å²) >= 11 is 3.16. The lowest BCUT2D eigenvalue weighted by molar-refractivity contribution is -0.158. The van der Waals surface area contributed by atoms with Gasteiger partial charge in [0.05, 0.1) is 11.9 Å². The first-order valence-corrected chi connectivity index (χ1v) is 7.91. The van der Waals surface area contributed by atoms with Gasteiger partial charge in [0.15, 0.2) is 11.4 Å². The van der Waals surface area contributed by atoms with E-state index >= 15 is 0 Å².